The molecule has 4 heteroatoms. The standard InChI is InChI=1S/C18H17ClN2O/c1-12-8-14(13-4-6-16(19)7-5-13)10-15(9-12)17(22)21-18(2,3)11-20/h4-10H,1-3H3,(H,21,22). The number of rotatable bonds is 3. The van der Waals surface area contributed by atoms with Gasteiger partial charge in [-0.25, -0.2) is 0 Å². The highest BCUT2D eigenvalue weighted by Gasteiger charge is 2.20. The van der Waals surface area contributed by atoms with E-state index in [1.165, 1.54) is 0 Å². The fourth-order valence-corrected chi connectivity index (χ4v) is 2.23. The van der Waals surface area contributed by atoms with Gasteiger partial charge in [-0.2, -0.15) is 5.26 Å². The molecule has 112 valence electrons. The minimum absolute atomic E-state index is 0.259. The van der Waals surface area contributed by atoms with Crippen molar-refractivity contribution in [2.24, 2.45) is 0 Å². The summed E-state index contributed by atoms with van der Waals surface area (Å²) in [6.07, 6.45) is 0. The van der Waals surface area contributed by atoms with Crippen molar-refractivity contribution in [3.05, 3.63) is 58.6 Å². The number of nitrogens with one attached hydrogen (secondary N) is 1. The van der Waals surface area contributed by atoms with Gasteiger partial charge in [-0.15, -0.1) is 0 Å². The maximum Gasteiger partial charge on any atom is 0.252 e. The Hall–Kier alpha value is -2.31. The van der Waals surface area contributed by atoms with Crippen LogP contribution in [-0.4, -0.2) is 11.4 Å². The molecule has 0 saturated heterocycles. The lowest BCUT2D eigenvalue weighted by molar-refractivity contribution is 0.0929. The molecular formula is C18H17ClN2O. The molecular weight excluding hydrogens is 296 g/mol. The molecule has 0 aliphatic heterocycles. The average Bonchev–Trinajstić information content (AvgIpc) is 2.47. The zero-order valence-electron chi connectivity index (χ0n) is 12.8. The summed E-state index contributed by atoms with van der Waals surface area (Å²) in [5.41, 5.74) is 2.54. The van der Waals surface area contributed by atoms with Gasteiger partial charge in [0.2, 0.25) is 0 Å². The van der Waals surface area contributed by atoms with Crippen molar-refractivity contribution in [3.63, 3.8) is 0 Å². The third kappa shape index (κ3) is 3.87. The molecule has 0 saturated carbocycles. The van der Waals surface area contributed by atoms with E-state index in [1.807, 2.05) is 49.4 Å². The van der Waals surface area contributed by atoms with Crippen molar-refractivity contribution >= 4 is 17.5 Å². The highest BCUT2D eigenvalue weighted by atomic mass is 35.5. The van der Waals surface area contributed by atoms with E-state index in [0.717, 1.165) is 16.7 Å². The van der Waals surface area contributed by atoms with Gasteiger partial charge in [0.1, 0.15) is 5.54 Å². The lowest BCUT2D eigenvalue weighted by Gasteiger charge is -2.18. The molecule has 0 aromatic heterocycles. The number of amides is 1. The third-order valence-corrected chi connectivity index (χ3v) is 3.47. The van der Waals surface area contributed by atoms with Crippen molar-refractivity contribution in [1.29, 1.82) is 5.26 Å². The Morgan fingerprint density at radius 3 is 2.36 bits per heavy atom. The first-order valence-electron chi connectivity index (χ1n) is 6.92. The molecule has 2 aromatic carbocycles. The molecule has 3 nitrogen and oxygen atoms in total. The van der Waals surface area contributed by atoms with Gasteiger partial charge >= 0.3 is 0 Å². The first kappa shape index (κ1) is 16.1. The van der Waals surface area contributed by atoms with Crippen LogP contribution in [0.3, 0.4) is 0 Å². The molecule has 0 unspecified atom stereocenters. The van der Waals surface area contributed by atoms with Crippen molar-refractivity contribution in [2.75, 3.05) is 0 Å². The summed E-state index contributed by atoms with van der Waals surface area (Å²) in [6.45, 7) is 5.27. The van der Waals surface area contributed by atoms with E-state index in [0.29, 0.717) is 10.6 Å². The highest BCUT2D eigenvalue weighted by molar-refractivity contribution is 6.30. The SMILES string of the molecule is Cc1cc(C(=O)NC(C)(C)C#N)cc(-c2ccc(Cl)cc2)c1. The molecule has 0 bridgehead atoms. The highest BCUT2D eigenvalue weighted by Crippen LogP contribution is 2.24. The van der Waals surface area contributed by atoms with Crippen molar-refractivity contribution in [1.82, 2.24) is 5.32 Å². The molecule has 0 heterocycles. The van der Waals surface area contributed by atoms with E-state index in [1.54, 1.807) is 13.8 Å². The summed E-state index contributed by atoms with van der Waals surface area (Å²) in [5.74, 6) is -0.259. The van der Waals surface area contributed by atoms with Gasteiger partial charge in [0.15, 0.2) is 0 Å². The Kier molecular flexibility index (Phi) is 4.54. The van der Waals surface area contributed by atoms with Crippen molar-refractivity contribution < 1.29 is 4.79 Å². The van der Waals surface area contributed by atoms with Crippen LogP contribution in [0.4, 0.5) is 0 Å². The quantitative estimate of drug-likeness (QED) is 0.916. The lowest BCUT2D eigenvalue weighted by Crippen LogP contribution is -2.42. The van der Waals surface area contributed by atoms with Gasteiger partial charge in [0, 0.05) is 10.6 Å². The summed E-state index contributed by atoms with van der Waals surface area (Å²) in [4.78, 5) is 12.3. The smallest absolute Gasteiger partial charge is 0.252 e. The lowest BCUT2D eigenvalue weighted by atomic mass is 9.99. The molecule has 0 aliphatic carbocycles. The average molecular weight is 313 g/mol. The van der Waals surface area contributed by atoms with Gasteiger partial charge in [-0.05, 0) is 61.7 Å². The molecule has 0 fully saturated rings. The summed E-state index contributed by atoms with van der Waals surface area (Å²) in [7, 11) is 0. The fourth-order valence-electron chi connectivity index (χ4n) is 2.11. The van der Waals surface area contributed by atoms with E-state index in [4.69, 9.17) is 16.9 Å². The van der Waals surface area contributed by atoms with Gasteiger partial charge in [0.25, 0.3) is 5.91 Å². The van der Waals surface area contributed by atoms with Crippen LogP contribution in [0.15, 0.2) is 42.5 Å². The number of hydrogen-bond donors (Lipinski definition) is 1. The summed E-state index contributed by atoms with van der Waals surface area (Å²) < 4.78 is 0. The Labute approximate surface area is 135 Å². The summed E-state index contributed by atoms with van der Waals surface area (Å²) in [5, 5.41) is 12.4. The molecule has 0 aliphatic rings. The van der Waals surface area contributed by atoms with Gasteiger partial charge in [-0.1, -0.05) is 29.8 Å². The first-order valence-corrected chi connectivity index (χ1v) is 7.30. The van der Waals surface area contributed by atoms with Crippen LogP contribution in [0, 0.1) is 18.3 Å². The zero-order valence-corrected chi connectivity index (χ0v) is 13.5. The summed E-state index contributed by atoms with van der Waals surface area (Å²) >= 11 is 5.91. The van der Waals surface area contributed by atoms with Crippen LogP contribution in [0.25, 0.3) is 11.1 Å². The first-order chi connectivity index (χ1) is 10.3. The van der Waals surface area contributed by atoms with Crippen molar-refractivity contribution in [3.8, 4) is 17.2 Å². The second-order valence-electron chi connectivity index (χ2n) is 5.79. The maximum atomic E-state index is 12.3. The Morgan fingerprint density at radius 2 is 1.77 bits per heavy atom. The van der Waals surface area contributed by atoms with Crippen LogP contribution in [-0.2, 0) is 0 Å². The minimum Gasteiger partial charge on any atom is -0.334 e. The van der Waals surface area contributed by atoms with Gasteiger partial charge < -0.3 is 5.32 Å². The number of hydrogen-bond acceptors (Lipinski definition) is 2. The fraction of sp³-hybridized carbons (Fsp3) is 0.222. The maximum absolute atomic E-state index is 12.3. The van der Waals surface area contributed by atoms with Crippen LogP contribution >= 0.6 is 11.6 Å². The summed E-state index contributed by atoms with van der Waals surface area (Å²) in [6, 6.07) is 15.2. The molecule has 22 heavy (non-hydrogen) atoms. The molecule has 1 N–H and O–H groups in total. The van der Waals surface area contributed by atoms with Crippen LogP contribution in [0.1, 0.15) is 29.8 Å². The molecule has 2 aromatic rings. The monoisotopic (exact) mass is 312 g/mol. The van der Waals surface area contributed by atoms with E-state index in [9.17, 15) is 4.79 Å². The Balaban J connectivity index is 2.37. The molecule has 1 amide bonds. The third-order valence-electron chi connectivity index (χ3n) is 3.22. The predicted octanol–water partition coefficient (Wildman–Crippen LogP) is 4.35. The van der Waals surface area contributed by atoms with Crippen LogP contribution < -0.4 is 5.32 Å². The minimum atomic E-state index is -0.902. The topological polar surface area (TPSA) is 52.9 Å². The number of nitriles is 1. The van der Waals surface area contributed by atoms with E-state index in [-0.39, 0.29) is 5.91 Å². The molecule has 0 spiro atoms. The largest absolute Gasteiger partial charge is 0.334 e. The van der Waals surface area contributed by atoms with E-state index >= 15 is 0 Å². The molecule has 2 rings (SSSR count). The number of aryl methyl sites for hydroxylation is 1. The van der Waals surface area contributed by atoms with E-state index in [2.05, 4.69) is 11.4 Å². The molecule has 0 atom stereocenters. The predicted molar refractivity (Wildman–Crippen MR) is 88.8 cm³/mol. The van der Waals surface area contributed by atoms with Gasteiger partial charge in [-0.3, -0.25) is 4.79 Å². The van der Waals surface area contributed by atoms with Gasteiger partial charge in [0.05, 0.1) is 6.07 Å². The van der Waals surface area contributed by atoms with E-state index < -0.39 is 5.54 Å². The Morgan fingerprint density at radius 1 is 1.14 bits per heavy atom. The molecule has 0 radical (unpaired) electrons. The van der Waals surface area contributed by atoms with Crippen LogP contribution in [0.2, 0.25) is 5.02 Å². The number of nitrogens with zero attached hydrogens (tertiary/aromatic N) is 1. The van der Waals surface area contributed by atoms with Crippen molar-refractivity contribution in [2.45, 2.75) is 26.3 Å². The normalized spacial score (nSPS) is 10.9. The number of halogens is 1. The van der Waals surface area contributed by atoms with Crippen LogP contribution in [0.5, 0.6) is 0 Å². The number of carbonyl (C=O) groups is 1. The zero-order chi connectivity index (χ0) is 16.3. The Bertz CT molecular complexity index is 743. The second kappa shape index (κ2) is 6.21. The number of benzene rings is 2. The number of carbonyl (C=O) groups excluding carboxylic acids is 1. The second-order valence-corrected chi connectivity index (χ2v) is 6.22.